The monoisotopic (exact) mass is 186 g/mol. The van der Waals surface area contributed by atoms with Gasteiger partial charge in [-0.1, -0.05) is 0 Å². The molecule has 6 nitrogen and oxygen atoms in total. The number of aliphatic hydroxyl groups excluding tert-OH is 1. The Morgan fingerprint density at radius 3 is 2.92 bits per heavy atom. The van der Waals surface area contributed by atoms with Crippen molar-refractivity contribution in [2.45, 2.75) is 18.9 Å². The molecule has 0 amide bonds. The highest BCUT2D eigenvalue weighted by Crippen LogP contribution is 1.98. The molecule has 13 heavy (non-hydrogen) atoms. The number of hydrogen-bond acceptors (Lipinski definition) is 5. The van der Waals surface area contributed by atoms with E-state index in [4.69, 9.17) is 4.74 Å². The molecular weight excluding hydrogens is 172 g/mol. The normalized spacial score (nSPS) is 13.2. The molecule has 1 N–H and O–H groups in total. The van der Waals surface area contributed by atoms with Crippen LogP contribution in [0, 0.1) is 0 Å². The largest absolute Gasteiger partial charge is 0.391 e. The summed E-state index contributed by atoms with van der Waals surface area (Å²) in [5.74, 6) is 0.651. The van der Waals surface area contributed by atoms with Gasteiger partial charge in [0.2, 0.25) is 0 Å². The van der Waals surface area contributed by atoms with Gasteiger partial charge < -0.3 is 9.84 Å². The van der Waals surface area contributed by atoms with Crippen LogP contribution in [-0.2, 0) is 18.2 Å². The van der Waals surface area contributed by atoms with Crippen LogP contribution >= 0.6 is 0 Å². The SMILES string of the molecule is COCC(O)CCc1nnn(C)n1. The molecule has 0 bridgehead atoms. The second-order valence-corrected chi connectivity index (χ2v) is 2.84. The van der Waals surface area contributed by atoms with Crippen LogP contribution in [0.3, 0.4) is 0 Å². The van der Waals surface area contributed by atoms with Crippen LogP contribution in [0.5, 0.6) is 0 Å². The summed E-state index contributed by atoms with van der Waals surface area (Å²) in [6.45, 7) is 0.347. The molecule has 1 aromatic rings. The van der Waals surface area contributed by atoms with Crippen molar-refractivity contribution in [2.75, 3.05) is 13.7 Å². The van der Waals surface area contributed by atoms with Gasteiger partial charge in [0.05, 0.1) is 19.8 Å². The van der Waals surface area contributed by atoms with Gasteiger partial charge >= 0.3 is 0 Å². The number of aryl methyl sites for hydroxylation is 2. The maximum absolute atomic E-state index is 9.31. The Morgan fingerprint density at radius 1 is 1.62 bits per heavy atom. The van der Waals surface area contributed by atoms with Crippen LogP contribution in [0.2, 0.25) is 0 Å². The maximum Gasteiger partial charge on any atom is 0.174 e. The molecule has 0 aliphatic rings. The van der Waals surface area contributed by atoms with E-state index in [-0.39, 0.29) is 0 Å². The minimum absolute atomic E-state index is 0.347. The third kappa shape index (κ3) is 3.47. The van der Waals surface area contributed by atoms with Crippen molar-refractivity contribution >= 4 is 0 Å². The van der Waals surface area contributed by atoms with Crippen molar-refractivity contribution in [3.05, 3.63) is 5.82 Å². The average molecular weight is 186 g/mol. The lowest BCUT2D eigenvalue weighted by atomic mass is 10.2. The lowest BCUT2D eigenvalue weighted by molar-refractivity contribution is 0.0592. The van der Waals surface area contributed by atoms with Gasteiger partial charge in [0.1, 0.15) is 0 Å². The summed E-state index contributed by atoms with van der Waals surface area (Å²) < 4.78 is 4.79. The topological polar surface area (TPSA) is 73.1 Å². The minimum atomic E-state index is -0.450. The van der Waals surface area contributed by atoms with Gasteiger partial charge in [0, 0.05) is 13.5 Å². The van der Waals surface area contributed by atoms with E-state index >= 15 is 0 Å². The minimum Gasteiger partial charge on any atom is -0.391 e. The third-order valence-corrected chi connectivity index (χ3v) is 1.61. The molecule has 1 atom stereocenters. The summed E-state index contributed by atoms with van der Waals surface area (Å²) in [5, 5.41) is 20.8. The van der Waals surface area contributed by atoms with E-state index in [2.05, 4.69) is 15.4 Å². The van der Waals surface area contributed by atoms with Gasteiger partial charge in [-0.05, 0) is 11.6 Å². The highest BCUT2D eigenvalue weighted by molar-refractivity contribution is 4.77. The fraction of sp³-hybridized carbons (Fsp3) is 0.857. The van der Waals surface area contributed by atoms with Gasteiger partial charge in [-0.2, -0.15) is 4.80 Å². The molecule has 1 rings (SSSR count). The Kier molecular flexibility index (Phi) is 3.78. The van der Waals surface area contributed by atoms with E-state index in [1.54, 1.807) is 14.2 Å². The molecule has 0 aliphatic heterocycles. The molecule has 0 spiro atoms. The van der Waals surface area contributed by atoms with Crippen molar-refractivity contribution in [3.63, 3.8) is 0 Å². The van der Waals surface area contributed by atoms with Gasteiger partial charge in [0.25, 0.3) is 0 Å². The summed E-state index contributed by atoms with van der Waals surface area (Å²) in [7, 11) is 3.27. The zero-order valence-corrected chi connectivity index (χ0v) is 7.84. The third-order valence-electron chi connectivity index (χ3n) is 1.61. The number of ether oxygens (including phenoxy) is 1. The van der Waals surface area contributed by atoms with E-state index in [0.29, 0.717) is 25.3 Å². The summed E-state index contributed by atoms with van der Waals surface area (Å²) in [6.07, 6.45) is 0.770. The second kappa shape index (κ2) is 4.88. The molecule has 0 radical (unpaired) electrons. The number of aromatic nitrogens is 4. The van der Waals surface area contributed by atoms with Crippen LogP contribution < -0.4 is 0 Å². The molecule has 0 fully saturated rings. The molecule has 1 heterocycles. The molecule has 0 aliphatic carbocycles. The molecule has 0 saturated heterocycles. The molecule has 6 heteroatoms. The summed E-state index contributed by atoms with van der Waals surface area (Å²) in [6, 6.07) is 0. The van der Waals surface area contributed by atoms with E-state index in [1.807, 2.05) is 0 Å². The van der Waals surface area contributed by atoms with Crippen LogP contribution in [0.4, 0.5) is 0 Å². The van der Waals surface area contributed by atoms with E-state index in [9.17, 15) is 5.11 Å². The first kappa shape index (κ1) is 10.1. The highest BCUT2D eigenvalue weighted by atomic mass is 16.5. The van der Waals surface area contributed by atoms with Crippen LogP contribution in [0.1, 0.15) is 12.2 Å². The quantitative estimate of drug-likeness (QED) is 0.648. The number of rotatable bonds is 5. The second-order valence-electron chi connectivity index (χ2n) is 2.84. The molecule has 0 saturated carbocycles. The Bertz CT molecular complexity index is 250. The van der Waals surface area contributed by atoms with Crippen molar-refractivity contribution in [2.24, 2.45) is 7.05 Å². The standard InChI is InChI=1S/C7H14N4O2/c1-11-9-7(8-10-11)4-3-6(12)5-13-2/h6,12H,3-5H2,1-2H3. The molecule has 1 aromatic heterocycles. The van der Waals surface area contributed by atoms with Crippen molar-refractivity contribution in [3.8, 4) is 0 Å². The average Bonchev–Trinajstić information content (AvgIpc) is 2.49. The van der Waals surface area contributed by atoms with E-state index in [1.165, 1.54) is 4.80 Å². The number of methoxy groups -OCH3 is 1. The van der Waals surface area contributed by atoms with Gasteiger partial charge in [-0.3, -0.25) is 0 Å². The highest BCUT2D eigenvalue weighted by Gasteiger charge is 2.06. The predicted octanol–water partition coefficient (Wildman–Crippen LogP) is -0.850. The number of tetrazole rings is 1. The Hall–Kier alpha value is -1.01. The molecular formula is C7H14N4O2. The molecule has 1 unspecified atom stereocenters. The molecule has 74 valence electrons. The van der Waals surface area contributed by atoms with Crippen molar-refractivity contribution in [1.82, 2.24) is 20.2 Å². The van der Waals surface area contributed by atoms with Crippen molar-refractivity contribution < 1.29 is 9.84 Å². The zero-order chi connectivity index (χ0) is 9.68. The Morgan fingerprint density at radius 2 is 2.38 bits per heavy atom. The van der Waals surface area contributed by atoms with Crippen molar-refractivity contribution in [1.29, 1.82) is 0 Å². The molecule has 0 aromatic carbocycles. The first-order valence-electron chi connectivity index (χ1n) is 4.12. The van der Waals surface area contributed by atoms with E-state index < -0.39 is 6.10 Å². The fourth-order valence-electron chi connectivity index (χ4n) is 0.995. The fourth-order valence-corrected chi connectivity index (χ4v) is 0.995. The van der Waals surface area contributed by atoms with Gasteiger partial charge in [0.15, 0.2) is 5.82 Å². The van der Waals surface area contributed by atoms with Gasteiger partial charge in [-0.25, -0.2) is 0 Å². The number of nitrogens with zero attached hydrogens (tertiary/aromatic N) is 4. The zero-order valence-electron chi connectivity index (χ0n) is 7.84. The van der Waals surface area contributed by atoms with Gasteiger partial charge in [-0.15, -0.1) is 10.2 Å². The van der Waals surface area contributed by atoms with Crippen LogP contribution in [0.15, 0.2) is 0 Å². The van der Waals surface area contributed by atoms with Crippen LogP contribution in [-0.4, -0.2) is 45.1 Å². The van der Waals surface area contributed by atoms with Crippen LogP contribution in [0.25, 0.3) is 0 Å². The maximum atomic E-state index is 9.31. The predicted molar refractivity (Wildman–Crippen MR) is 45.0 cm³/mol. The smallest absolute Gasteiger partial charge is 0.174 e. The summed E-state index contributed by atoms with van der Waals surface area (Å²) in [5.41, 5.74) is 0. The van der Waals surface area contributed by atoms with E-state index in [0.717, 1.165) is 0 Å². The first-order chi connectivity index (χ1) is 6.22. The lowest BCUT2D eigenvalue weighted by Crippen LogP contribution is -2.15. The first-order valence-corrected chi connectivity index (χ1v) is 4.12. The summed E-state index contributed by atoms with van der Waals surface area (Å²) >= 11 is 0. The summed E-state index contributed by atoms with van der Waals surface area (Å²) in [4.78, 5) is 1.40. The lowest BCUT2D eigenvalue weighted by Gasteiger charge is -2.06. The Labute approximate surface area is 76.5 Å². The number of hydrogen-bond donors (Lipinski definition) is 1. The number of aliphatic hydroxyl groups is 1. The Balaban J connectivity index is 2.26.